The molecule has 6 aromatic heterocycles. The van der Waals surface area contributed by atoms with E-state index >= 15 is 0 Å². The van der Waals surface area contributed by atoms with Crippen molar-refractivity contribution in [3.05, 3.63) is 136 Å². The third kappa shape index (κ3) is 16.8. The largest absolute Gasteiger partial charge is 0.507 e. The number of carboxylic acids is 1. The van der Waals surface area contributed by atoms with Gasteiger partial charge in [0, 0.05) is 141 Å². The lowest BCUT2D eigenvalue weighted by atomic mass is 10.0. The molecule has 2 aliphatic rings. The van der Waals surface area contributed by atoms with E-state index in [4.69, 9.17) is 5.11 Å². The Bertz CT molecular complexity index is 3700. The number of anilines is 1. The second-order valence-corrected chi connectivity index (χ2v) is 20.4. The highest BCUT2D eigenvalue weighted by atomic mass is 79.9. The zero-order chi connectivity index (χ0) is 58.8. The normalized spacial score (nSPS) is 15.9. The SMILES string of the molecule is CC(=O)c1cn(CC(=O)N2C[C@H](F)C[C@H]2C(=O)Nc2cccc(Br)n2)c2cc(O)c(-c3cnc(C)nc3)cc12.CC(=O)c1cn(CC(=O)O)c2cc(O)c(-c3cnc(C)nc3)cc12.Cl.O=C(Cc1cccc(Br)n1)[C@@H]1C[C@@H](F)CN1.S.S=S. The number of amides is 2. The lowest BCUT2D eigenvalue weighted by Crippen LogP contribution is -2.44. The van der Waals surface area contributed by atoms with E-state index in [0.717, 1.165) is 0 Å². The molecule has 436 valence electrons. The number of aromatic hydroxyl groups is 2. The summed E-state index contributed by atoms with van der Waals surface area (Å²) in [5, 5.41) is 36.8. The number of aryl methyl sites for hydroxylation is 2. The molecule has 0 radical (unpaired) electrons. The summed E-state index contributed by atoms with van der Waals surface area (Å²) in [6, 6.07) is 15.3. The molecule has 0 unspecified atom stereocenters. The number of carboxylic acid groups (broad SMARTS) is 1. The second-order valence-electron chi connectivity index (χ2n) is 18.8. The number of aromatic nitrogens is 8. The fourth-order valence-corrected chi connectivity index (χ4v) is 9.89. The number of ketones is 3. The highest BCUT2D eigenvalue weighted by Gasteiger charge is 2.40. The fraction of sp³-hybridized carbons (Fsp3) is 0.273. The molecule has 0 aliphatic carbocycles. The molecule has 28 heteroatoms. The third-order valence-electron chi connectivity index (χ3n) is 13.0. The Balaban J connectivity index is 0.000000244. The molecular weight excluding hydrogens is 1290 g/mol. The van der Waals surface area contributed by atoms with Gasteiger partial charge in [0.05, 0.1) is 30.0 Å². The van der Waals surface area contributed by atoms with Gasteiger partial charge in [0.25, 0.3) is 0 Å². The Hall–Kier alpha value is -7.14. The van der Waals surface area contributed by atoms with Gasteiger partial charge in [0.1, 0.15) is 69.6 Å². The van der Waals surface area contributed by atoms with E-state index in [9.17, 15) is 47.8 Å². The Labute approximate surface area is 513 Å². The minimum Gasteiger partial charge on any atom is -0.507 e. The van der Waals surface area contributed by atoms with Crippen molar-refractivity contribution in [1.29, 1.82) is 0 Å². The first-order chi connectivity index (χ1) is 38.6. The number of carbonyl (C=O) groups excluding carboxylic acids is 5. The average Bonchev–Trinajstić information content (AvgIpc) is 2.84. The first-order valence-corrected chi connectivity index (χ1v) is 27.6. The second kappa shape index (κ2) is 29.9. The molecule has 0 spiro atoms. The summed E-state index contributed by atoms with van der Waals surface area (Å²) < 4.78 is 31.5. The summed E-state index contributed by atoms with van der Waals surface area (Å²) in [6.45, 7) is 5.82. The predicted molar refractivity (Wildman–Crippen MR) is 326 cm³/mol. The van der Waals surface area contributed by atoms with Gasteiger partial charge in [-0.3, -0.25) is 28.8 Å². The van der Waals surface area contributed by atoms with Crippen LogP contribution < -0.4 is 10.6 Å². The van der Waals surface area contributed by atoms with E-state index in [2.05, 4.69) is 94.8 Å². The monoisotopic (exact) mass is 1340 g/mol. The molecule has 8 aromatic rings. The number of benzene rings is 2. The predicted octanol–water partition coefficient (Wildman–Crippen LogP) is 8.64. The molecule has 0 bridgehead atoms. The summed E-state index contributed by atoms with van der Waals surface area (Å²) in [5.74, 6) is -1.14. The number of halogens is 5. The van der Waals surface area contributed by atoms with Gasteiger partial charge in [-0.2, -0.15) is 13.5 Å². The number of pyridine rings is 2. The zero-order valence-electron chi connectivity index (χ0n) is 44.5. The van der Waals surface area contributed by atoms with Crippen molar-refractivity contribution in [2.45, 2.75) is 84.5 Å². The number of nitrogens with one attached hydrogen (secondary N) is 2. The number of phenols is 2. The van der Waals surface area contributed by atoms with Gasteiger partial charge in [-0.1, -0.05) is 12.1 Å². The van der Waals surface area contributed by atoms with E-state index in [-0.39, 0.29) is 112 Å². The van der Waals surface area contributed by atoms with E-state index in [1.54, 1.807) is 81.1 Å². The maximum absolute atomic E-state index is 14.4. The molecule has 2 aliphatic heterocycles. The van der Waals surface area contributed by atoms with Crippen LogP contribution in [0.15, 0.2) is 107 Å². The van der Waals surface area contributed by atoms with E-state index in [1.807, 2.05) is 6.07 Å². The molecule has 0 saturated carbocycles. The minimum atomic E-state index is -1.36. The molecule has 8 heterocycles. The highest BCUT2D eigenvalue weighted by molar-refractivity contribution is 9.10. The van der Waals surface area contributed by atoms with E-state index in [0.29, 0.717) is 81.7 Å². The number of likely N-dealkylation sites (tertiary alicyclic amines) is 1. The molecule has 2 aromatic carbocycles. The molecule has 10 rings (SSSR count). The number of hydrogen-bond acceptors (Lipinski definition) is 17. The summed E-state index contributed by atoms with van der Waals surface area (Å²) in [4.78, 5) is 99.6. The summed E-state index contributed by atoms with van der Waals surface area (Å²) in [5.41, 5.74) is 4.49. The number of nitrogens with zero attached hydrogens (tertiary/aromatic N) is 9. The van der Waals surface area contributed by atoms with Crippen LogP contribution in [0.5, 0.6) is 11.5 Å². The first kappa shape index (κ1) is 66.7. The number of fused-ring (bicyclic) bond motifs is 2. The summed E-state index contributed by atoms with van der Waals surface area (Å²) in [6.07, 6.45) is 7.49. The van der Waals surface area contributed by atoms with Gasteiger partial charge in [-0.05, 0) is 96.0 Å². The van der Waals surface area contributed by atoms with Gasteiger partial charge in [-0.15, -0.1) is 12.4 Å². The van der Waals surface area contributed by atoms with Crippen LogP contribution in [-0.2, 0) is 61.1 Å². The van der Waals surface area contributed by atoms with Crippen LogP contribution in [0.4, 0.5) is 14.6 Å². The van der Waals surface area contributed by atoms with E-state index < -0.39 is 36.2 Å². The number of alkyl halides is 2. The van der Waals surface area contributed by atoms with Crippen LogP contribution in [0.25, 0.3) is 44.1 Å². The Morgan fingerprint density at radius 3 is 1.67 bits per heavy atom. The smallest absolute Gasteiger partial charge is 0.323 e. The van der Waals surface area contributed by atoms with Crippen LogP contribution >= 0.6 is 57.8 Å². The number of phenolic OH excluding ortho intramolecular Hbond substituents is 2. The number of rotatable bonds is 13. The lowest BCUT2D eigenvalue weighted by molar-refractivity contribution is -0.137. The maximum Gasteiger partial charge on any atom is 0.323 e. The third-order valence-corrected chi connectivity index (χ3v) is 13.9. The van der Waals surface area contributed by atoms with Crippen LogP contribution in [0, 0.1) is 13.8 Å². The topological polar surface area (TPSA) is 278 Å². The summed E-state index contributed by atoms with van der Waals surface area (Å²) in [7, 11) is 0. The van der Waals surface area contributed by atoms with Gasteiger partial charge < -0.3 is 40.0 Å². The molecular formula is C55H54Br2ClF2N11O9S3. The molecule has 4 atom stereocenters. The number of carbonyl (C=O) groups is 6. The Morgan fingerprint density at radius 2 is 1.22 bits per heavy atom. The molecule has 2 amide bonds. The molecule has 5 N–H and O–H groups in total. The highest BCUT2D eigenvalue weighted by Crippen LogP contribution is 2.37. The van der Waals surface area contributed by atoms with Crippen LogP contribution in [0.3, 0.4) is 0 Å². The number of Topliss-reactive ketones (excluding diaryl/α,β-unsaturated/α-hetero) is 3. The van der Waals surface area contributed by atoms with Crippen molar-refractivity contribution in [3.63, 3.8) is 0 Å². The molecule has 83 heavy (non-hydrogen) atoms. The Kier molecular flexibility index (Phi) is 24.0. The van der Waals surface area contributed by atoms with Crippen LogP contribution in [-0.4, -0.2) is 132 Å². The average molecular weight is 1340 g/mol. The fourth-order valence-electron chi connectivity index (χ4n) is 9.17. The van der Waals surface area contributed by atoms with Crippen LogP contribution in [0.1, 0.15) is 64.7 Å². The number of aliphatic carboxylic acids is 1. The summed E-state index contributed by atoms with van der Waals surface area (Å²) >= 11 is 13.8. The quantitative estimate of drug-likeness (QED) is 0.0533. The van der Waals surface area contributed by atoms with Crippen molar-refractivity contribution < 1.29 is 52.9 Å². The molecule has 20 nitrogen and oxygen atoms in total. The van der Waals surface area contributed by atoms with Crippen molar-refractivity contribution >= 4 is 143 Å². The number of hydrogen-bond donors (Lipinski definition) is 5. The standard InChI is InChI=1S/C27H24BrFN6O4.C17H15N3O4.C11H12BrFN2O.ClH.S2.H2S/c1-14(36)20-12-34(21-8-23(37)18(7-19(20)21)16-9-30-15(2)31-10-16)13-26(38)35-11-17(29)6-22(35)27(39)33-25-5-3-4-24(28)32-25;1-9(21)14-7-20(8-17(23)24)15-4-16(22)12(3-13(14)15)11-5-18-10(2)19-6-11;12-11-3-1-2-8(15-11)5-10(16)9-4-7(13)6-14-9;;1-2;/h3-5,7-10,12,17,22,37H,6,11,13H2,1-2H3,(H,32,33,39);3-7,22H,8H2,1-2H3,(H,23,24);1-3,7,9,14H,4-6H2;1H;;1H2/t17-,22+;;7-,9+;;;/m1.1.../s1. The van der Waals surface area contributed by atoms with Gasteiger partial charge in [0.2, 0.25) is 11.8 Å². The van der Waals surface area contributed by atoms with Gasteiger partial charge in [0.15, 0.2) is 17.3 Å². The van der Waals surface area contributed by atoms with Gasteiger partial charge >= 0.3 is 5.97 Å². The van der Waals surface area contributed by atoms with Crippen LogP contribution in [0.2, 0.25) is 0 Å². The molecule has 2 fully saturated rings. The first-order valence-electron chi connectivity index (χ1n) is 24.7. The Morgan fingerprint density at radius 1 is 0.723 bits per heavy atom. The zero-order valence-corrected chi connectivity index (χ0v) is 51.2. The van der Waals surface area contributed by atoms with Crippen molar-refractivity contribution in [1.82, 2.24) is 49.3 Å². The van der Waals surface area contributed by atoms with Crippen molar-refractivity contribution in [2.24, 2.45) is 0 Å². The maximum atomic E-state index is 14.4. The van der Waals surface area contributed by atoms with E-state index in [1.165, 1.54) is 52.4 Å². The molecule has 2 saturated heterocycles. The van der Waals surface area contributed by atoms with Crippen molar-refractivity contribution in [3.8, 4) is 33.8 Å². The van der Waals surface area contributed by atoms with Gasteiger partial charge in [-0.25, -0.2) is 38.7 Å². The lowest BCUT2D eigenvalue weighted by Gasteiger charge is -2.24. The van der Waals surface area contributed by atoms with Crippen molar-refractivity contribution in [2.75, 3.05) is 18.4 Å². The minimum absolute atomic E-state index is 0.